The Balaban J connectivity index is 2.22. The highest BCUT2D eigenvalue weighted by Crippen LogP contribution is 2.28. The first-order valence-electron chi connectivity index (χ1n) is 5.57. The van der Waals surface area contributed by atoms with Gasteiger partial charge < -0.3 is 15.3 Å². The lowest BCUT2D eigenvalue weighted by atomic mass is 10.1. The van der Waals surface area contributed by atoms with Crippen LogP contribution in [0.1, 0.15) is 18.6 Å². The maximum absolute atomic E-state index is 11.3. The SMILES string of the molecule is C[C@H](O)c1ccc(N2CCNC(=O)C2)cc1Cl. The number of rotatable bonds is 2. The largest absolute Gasteiger partial charge is 0.389 e. The number of nitrogens with zero attached hydrogens (tertiary/aromatic N) is 1. The number of carbonyl (C=O) groups is 1. The highest BCUT2D eigenvalue weighted by atomic mass is 35.5. The number of aliphatic hydroxyl groups excluding tert-OH is 1. The van der Waals surface area contributed by atoms with Crippen LogP contribution in [0, 0.1) is 0 Å². The van der Waals surface area contributed by atoms with Gasteiger partial charge in [-0.15, -0.1) is 0 Å². The zero-order valence-electron chi connectivity index (χ0n) is 9.61. The Hall–Kier alpha value is -1.26. The lowest BCUT2D eigenvalue weighted by Gasteiger charge is -2.29. The molecule has 1 heterocycles. The van der Waals surface area contributed by atoms with E-state index in [1.54, 1.807) is 19.1 Å². The summed E-state index contributed by atoms with van der Waals surface area (Å²) in [6.07, 6.45) is -0.582. The monoisotopic (exact) mass is 254 g/mol. The van der Waals surface area contributed by atoms with Crippen molar-refractivity contribution in [1.29, 1.82) is 0 Å². The van der Waals surface area contributed by atoms with E-state index in [0.29, 0.717) is 23.7 Å². The second-order valence-electron chi connectivity index (χ2n) is 4.15. The summed E-state index contributed by atoms with van der Waals surface area (Å²) in [5, 5.41) is 12.8. The summed E-state index contributed by atoms with van der Waals surface area (Å²) in [5.41, 5.74) is 1.62. The Morgan fingerprint density at radius 1 is 1.53 bits per heavy atom. The van der Waals surface area contributed by atoms with Gasteiger partial charge in [0.1, 0.15) is 0 Å². The fraction of sp³-hybridized carbons (Fsp3) is 0.417. The molecule has 0 unspecified atom stereocenters. The van der Waals surface area contributed by atoms with Gasteiger partial charge in [-0.05, 0) is 24.6 Å². The van der Waals surface area contributed by atoms with Gasteiger partial charge >= 0.3 is 0 Å². The predicted octanol–water partition coefficient (Wildman–Crippen LogP) is 1.33. The van der Waals surface area contributed by atoms with Crippen LogP contribution in [0.2, 0.25) is 5.02 Å². The summed E-state index contributed by atoms with van der Waals surface area (Å²) in [6, 6.07) is 5.48. The van der Waals surface area contributed by atoms with Crippen LogP contribution in [-0.2, 0) is 4.79 Å². The number of hydrogen-bond acceptors (Lipinski definition) is 3. The van der Waals surface area contributed by atoms with Crippen LogP contribution in [0.15, 0.2) is 18.2 Å². The summed E-state index contributed by atoms with van der Waals surface area (Å²) in [6.45, 7) is 3.45. The van der Waals surface area contributed by atoms with Gasteiger partial charge in [0, 0.05) is 23.8 Å². The Bertz CT molecular complexity index is 435. The zero-order valence-corrected chi connectivity index (χ0v) is 10.4. The second kappa shape index (κ2) is 4.94. The molecular weight excluding hydrogens is 240 g/mol. The molecule has 17 heavy (non-hydrogen) atoms. The van der Waals surface area contributed by atoms with Gasteiger partial charge in [-0.25, -0.2) is 0 Å². The Labute approximate surface area is 105 Å². The molecule has 2 N–H and O–H groups in total. The first-order valence-corrected chi connectivity index (χ1v) is 5.95. The molecule has 4 nitrogen and oxygen atoms in total. The number of halogens is 1. The fourth-order valence-electron chi connectivity index (χ4n) is 1.91. The van der Waals surface area contributed by atoms with Crippen molar-refractivity contribution in [3.05, 3.63) is 28.8 Å². The maximum atomic E-state index is 11.3. The molecule has 5 heteroatoms. The smallest absolute Gasteiger partial charge is 0.239 e. The molecule has 1 aromatic rings. The van der Waals surface area contributed by atoms with Crippen molar-refractivity contribution in [1.82, 2.24) is 5.32 Å². The van der Waals surface area contributed by atoms with Crippen LogP contribution in [0.5, 0.6) is 0 Å². The van der Waals surface area contributed by atoms with Crippen molar-refractivity contribution in [3.8, 4) is 0 Å². The summed E-state index contributed by atoms with van der Waals surface area (Å²) >= 11 is 6.09. The topological polar surface area (TPSA) is 52.6 Å². The Morgan fingerprint density at radius 3 is 2.88 bits per heavy atom. The van der Waals surface area contributed by atoms with E-state index in [-0.39, 0.29) is 5.91 Å². The molecule has 2 rings (SSSR count). The number of aliphatic hydroxyl groups is 1. The highest BCUT2D eigenvalue weighted by Gasteiger charge is 2.17. The molecule has 1 fully saturated rings. The van der Waals surface area contributed by atoms with Crippen molar-refractivity contribution in [3.63, 3.8) is 0 Å². The van der Waals surface area contributed by atoms with E-state index >= 15 is 0 Å². The number of carbonyl (C=O) groups excluding carboxylic acids is 1. The summed E-state index contributed by atoms with van der Waals surface area (Å²) in [7, 11) is 0. The van der Waals surface area contributed by atoms with E-state index in [1.807, 2.05) is 11.0 Å². The third-order valence-corrected chi connectivity index (χ3v) is 3.16. The molecule has 0 spiro atoms. The minimum Gasteiger partial charge on any atom is -0.389 e. The molecule has 1 aromatic carbocycles. The van der Waals surface area contributed by atoms with E-state index in [2.05, 4.69) is 5.32 Å². The van der Waals surface area contributed by atoms with Crippen LogP contribution in [0.3, 0.4) is 0 Å². The van der Waals surface area contributed by atoms with Gasteiger partial charge in [0.2, 0.25) is 5.91 Å². The summed E-state index contributed by atoms with van der Waals surface area (Å²) in [5.74, 6) is 0.0203. The Kier molecular flexibility index (Phi) is 3.54. The van der Waals surface area contributed by atoms with Gasteiger partial charge in [0.15, 0.2) is 0 Å². The van der Waals surface area contributed by atoms with Crippen molar-refractivity contribution >= 4 is 23.2 Å². The lowest BCUT2D eigenvalue weighted by Crippen LogP contribution is -2.47. The molecule has 1 aliphatic heterocycles. The molecule has 1 atom stereocenters. The Morgan fingerprint density at radius 2 is 2.29 bits per heavy atom. The van der Waals surface area contributed by atoms with Crippen LogP contribution < -0.4 is 10.2 Å². The van der Waals surface area contributed by atoms with Crippen LogP contribution in [0.25, 0.3) is 0 Å². The van der Waals surface area contributed by atoms with E-state index in [1.165, 1.54) is 0 Å². The first kappa shape index (κ1) is 12.2. The molecule has 0 radical (unpaired) electrons. The third kappa shape index (κ3) is 2.70. The number of piperazine rings is 1. The predicted molar refractivity (Wildman–Crippen MR) is 67.3 cm³/mol. The third-order valence-electron chi connectivity index (χ3n) is 2.84. The van der Waals surface area contributed by atoms with Crippen LogP contribution in [0.4, 0.5) is 5.69 Å². The number of benzene rings is 1. The van der Waals surface area contributed by atoms with E-state index in [4.69, 9.17) is 11.6 Å². The van der Waals surface area contributed by atoms with E-state index < -0.39 is 6.10 Å². The number of nitrogens with one attached hydrogen (secondary N) is 1. The summed E-state index contributed by atoms with van der Waals surface area (Å²) in [4.78, 5) is 13.2. The fourth-order valence-corrected chi connectivity index (χ4v) is 2.24. The maximum Gasteiger partial charge on any atom is 0.239 e. The van der Waals surface area contributed by atoms with Crippen molar-refractivity contribution in [2.45, 2.75) is 13.0 Å². The van der Waals surface area contributed by atoms with Gasteiger partial charge in [-0.3, -0.25) is 4.79 Å². The molecule has 0 saturated carbocycles. The normalized spacial score (nSPS) is 17.8. The minimum atomic E-state index is -0.582. The number of hydrogen-bond donors (Lipinski definition) is 2. The molecule has 1 amide bonds. The van der Waals surface area contributed by atoms with Gasteiger partial charge in [0.25, 0.3) is 0 Å². The lowest BCUT2D eigenvalue weighted by molar-refractivity contribution is -0.120. The average Bonchev–Trinajstić information content (AvgIpc) is 2.28. The first-order chi connectivity index (χ1) is 8.08. The van der Waals surface area contributed by atoms with Crippen LogP contribution in [-0.4, -0.2) is 30.6 Å². The highest BCUT2D eigenvalue weighted by molar-refractivity contribution is 6.31. The summed E-state index contributed by atoms with van der Waals surface area (Å²) < 4.78 is 0. The average molecular weight is 255 g/mol. The van der Waals surface area contributed by atoms with Gasteiger partial charge in [-0.2, -0.15) is 0 Å². The van der Waals surface area contributed by atoms with Crippen molar-refractivity contribution in [2.24, 2.45) is 0 Å². The molecule has 0 aliphatic carbocycles. The second-order valence-corrected chi connectivity index (χ2v) is 4.56. The number of anilines is 1. The molecule has 1 aliphatic rings. The van der Waals surface area contributed by atoms with Crippen molar-refractivity contribution in [2.75, 3.05) is 24.5 Å². The minimum absolute atomic E-state index is 0.0203. The molecule has 92 valence electrons. The molecule has 0 aromatic heterocycles. The zero-order chi connectivity index (χ0) is 12.4. The van der Waals surface area contributed by atoms with E-state index in [9.17, 15) is 9.90 Å². The van der Waals surface area contributed by atoms with E-state index in [0.717, 1.165) is 12.2 Å². The quantitative estimate of drug-likeness (QED) is 0.837. The molecule has 0 bridgehead atoms. The molecular formula is C12H15ClN2O2. The standard InChI is InChI=1S/C12H15ClN2O2/c1-8(16)10-3-2-9(6-11(10)13)15-5-4-14-12(17)7-15/h2-3,6,8,16H,4-5,7H2,1H3,(H,14,17)/t8-/m0/s1. The van der Waals surface area contributed by atoms with Crippen LogP contribution >= 0.6 is 11.6 Å². The van der Waals surface area contributed by atoms with Gasteiger partial charge in [-0.1, -0.05) is 17.7 Å². The van der Waals surface area contributed by atoms with Gasteiger partial charge in [0.05, 0.1) is 12.6 Å². The number of amides is 1. The van der Waals surface area contributed by atoms with Crippen molar-refractivity contribution < 1.29 is 9.90 Å². The molecule has 1 saturated heterocycles.